The molecular weight excluding hydrogens is 394 g/mol. The van der Waals surface area contributed by atoms with Gasteiger partial charge in [-0.2, -0.15) is 5.10 Å². The second-order valence-corrected chi connectivity index (χ2v) is 12.5. The fraction of sp³-hybridized carbons (Fsp3) is 0.750. The van der Waals surface area contributed by atoms with Crippen molar-refractivity contribution in [1.29, 1.82) is 0 Å². The van der Waals surface area contributed by atoms with Crippen LogP contribution in [0.15, 0.2) is 24.7 Å². The van der Waals surface area contributed by atoms with Crippen molar-refractivity contribution in [2.45, 2.75) is 85.1 Å². The van der Waals surface area contributed by atoms with Gasteiger partial charge in [-0.25, -0.2) is 0 Å². The molecule has 4 heteroatoms. The Balaban J connectivity index is 1.21. The van der Waals surface area contributed by atoms with Crippen LogP contribution in [0.4, 0.5) is 0 Å². The first-order valence-corrected chi connectivity index (χ1v) is 13.2. The van der Waals surface area contributed by atoms with E-state index in [-0.39, 0.29) is 11.3 Å². The maximum atomic E-state index is 13.6. The monoisotopic (exact) mass is 433 g/mol. The van der Waals surface area contributed by atoms with Crippen LogP contribution in [-0.4, -0.2) is 20.5 Å². The van der Waals surface area contributed by atoms with Crippen LogP contribution in [0.5, 0.6) is 0 Å². The fourth-order valence-corrected chi connectivity index (χ4v) is 9.27. The van der Waals surface area contributed by atoms with E-state index in [2.05, 4.69) is 31.0 Å². The zero-order valence-corrected chi connectivity index (χ0v) is 20.1. The summed E-state index contributed by atoms with van der Waals surface area (Å²) in [5.74, 6) is 5.02. The lowest BCUT2D eigenvalue weighted by molar-refractivity contribution is -0.137. The molecular formula is C28H39N3O. The normalized spacial score (nSPS) is 43.5. The van der Waals surface area contributed by atoms with E-state index in [1.807, 2.05) is 23.0 Å². The van der Waals surface area contributed by atoms with Crippen molar-refractivity contribution in [1.82, 2.24) is 14.8 Å². The van der Waals surface area contributed by atoms with Crippen LogP contribution in [0, 0.1) is 46.3 Å². The van der Waals surface area contributed by atoms with Gasteiger partial charge in [-0.1, -0.05) is 27.2 Å². The Morgan fingerprint density at radius 1 is 1.06 bits per heavy atom. The second-order valence-electron chi connectivity index (χ2n) is 12.5. The molecule has 6 rings (SSSR count). The number of Topliss-reactive ketones (excluding diaryl/α,β-unsaturated/α-hetero) is 1. The van der Waals surface area contributed by atoms with Gasteiger partial charge >= 0.3 is 0 Å². The van der Waals surface area contributed by atoms with E-state index >= 15 is 0 Å². The topological polar surface area (TPSA) is 47.8 Å². The quantitative estimate of drug-likeness (QED) is 0.575. The SMILES string of the molecule is CC1CCC2(C)C(CCC3C2CCC2(C)C3CC[C@@H]2C(=O)Cn2ccc3cnnc-3c2)C1. The number of nitrogens with zero attached hydrogens (tertiary/aromatic N) is 3. The minimum atomic E-state index is 0.203. The van der Waals surface area contributed by atoms with Gasteiger partial charge in [-0.3, -0.25) is 4.79 Å². The summed E-state index contributed by atoms with van der Waals surface area (Å²) in [6.07, 6.45) is 17.9. The third kappa shape index (κ3) is 3.04. The van der Waals surface area contributed by atoms with E-state index in [0.717, 1.165) is 47.3 Å². The number of carbonyl (C=O) groups excluding carboxylic acids is 1. The lowest BCUT2D eigenvalue weighted by Crippen LogP contribution is -2.53. The van der Waals surface area contributed by atoms with E-state index in [1.54, 1.807) is 6.20 Å². The molecule has 0 radical (unpaired) electrons. The van der Waals surface area contributed by atoms with Crippen molar-refractivity contribution in [3.8, 4) is 11.3 Å². The number of carbonyl (C=O) groups is 1. The summed E-state index contributed by atoms with van der Waals surface area (Å²) in [4.78, 5) is 13.6. The maximum Gasteiger partial charge on any atom is 0.156 e. The molecule has 0 saturated heterocycles. The number of fused-ring (bicyclic) bond motifs is 6. The minimum Gasteiger partial charge on any atom is -0.345 e. The van der Waals surface area contributed by atoms with Gasteiger partial charge in [0, 0.05) is 23.9 Å². The Morgan fingerprint density at radius 2 is 1.88 bits per heavy atom. The fourth-order valence-electron chi connectivity index (χ4n) is 9.27. The van der Waals surface area contributed by atoms with Gasteiger partial charge in [0.2, 0.25) is 0 Å². The Morgan fingerprint density at radius 3 is 2.75 bits per heavy atom. The number of hydrogen-bond acceptors (Lipinski definition) is 3. The van der Waals surface area contributed by atoms with Crippen molar-refractivity contribution in [2.24, 2.45) is 46.3 Å². The Labute approximate surface area is 192 Å². The largest absolute Gasteiger partial charge is 0.345 e. The molecule has 4 nitrogen and oxygen atoms in total. The molecule has 4 aliphatic carbocycles. The molecule has 172 valence electrons. The Kier molecular flexibility index (Phi) is 4.82. The molecule has 4 saturated carbocycles. The molecule has 0 aromatic rings. The number of ketones is 1. The number of pyridine rings is 1. The van der Waals surface area contributed by atoms with Crippen LogP contribution < -0.4 is 0 Å². The summed E-state index contributed by atoms with van der Waals surface area (Å²) in [7, 11) is 0. The molecule has 7 unspecified atom stereocenters. The van der Waals surface area contributed by atoms with Crippen molar-refractivity contribution < 1.29 is 4.79 Å². The predicted molar refractivity (Wildman–Crippen MR) is 126 cm³/mol. The van der Waals surface area contributed by atoms with Crippen LogP contribution in [0.25, 0.3) is 11.3 Å². The zero-order valence-electron chi connectivity index (χ0n) is 20.1. The zero-order chi connectivity index (χ0) is 22.1. The smallest absolute Gasteiger partial charge is 0.156 e. The summed E-state index contributed by atoms with van der Waals surface area (Å²) in [5.41, 5.74) is 2.68. The number of hydrogen-bond donors (Lipinski definition) is 0. The van der Waals surface area contributed by atoms with Crippen LogP contribution >= 0.6 is 0 Å². The van der Waals surface area contributed by atoms with Gasteiger partial charge < -0.3 is 4.57 Å². The third-order valence-electron chi connectivity index (χ3n) is 11.0. The van der Waals surface area contributed by atoms with Crippen LogP contribution in [0.3, 0.4) is 0 Å². The molecule has 32 heavy (non-hydrogen) atoms. The Bertz CT molecular complexity index is 983. The highest BCUT2D eigenvalue weighted by Crippen LogP contribution is 2.67. The molecule has 2 aliphatic heterocycles. The minimum absolute atomic E-state index is 0.203. The molecule has 6 aliphatic rings. The highest BCUT2D eigenvalue weighted by Gasteiger charge is 2.60. The summed E-state index contributed by atoms with van der Waals surface area (Å²) >= 11 is 0. The lowest BCUT2D eigenvalue weighted by atomic mass is 9.44. The second kappa shape index (κ2) is 7.40. The highest BCUT2D eigenvalue weighted by atomic mass is 16.1. The van der Waals surface area contributed by atoms with E-state index in [9.17, 15) is 4.79 Å². The molecule has 0 aromatic carbocycles. The van der Waals surface area contributed by atoms with Gasteiger partial charge in [0.25, 0.3) is 0 Å². The molecule has 0 aromatic heterocycles. The van der Waals surface area contributed by atoms with Crippen LogP contribution in [-0.2, 0) is 11.3 Å². The van der Waals surface area contributed by atoms with E-state index in [1.165, 1.54) is 51.4 Å². The van der Waals surface area contributed by atoms with Crippen molar-refractivity contribution >= 4 is 5.78 Å². The first-order chi connectivity index (χ1) is 15.4. The van der Waals surface area contributed by atoms with Gasteiger partial charge in [0.1, 0.15) is 5.69 Å². The predicted octanol–water partition coefficient (Wildman–Crippen LogP) is 6.25. The average molecular weight is 434 g/mol. The number of rotatable bonds is 3. The molecule has 0 amide bonds. The standard InChI is InChI=1S/C28H39N3O/c1-18-8-11-27(2)20(14-18)4-5-21-22-6-7-24(28(22,3)12-9-23(21)27)26(32)17-31-13-10-19-15-29-30-25(19)16-31/h10,13,15-16,18,20-24H,4-9,11-12,14,17H2,1-3H3/t18?,20?,21?,22?,23?,24-,27?,28?/m1/s1. The summed E-state index contributed by atoms with van der Waals surface area (Å²) in [5, 5.41) is 8.16. The van der Waals surface area contributed by atoms with Crippen LogP contribution in [0.1, 0.15) is 78.6 Å². The maximum absolute atomic E-state index is 13.6. The van der Waals surface area contributed by atoms with Gasteiger partial charge in [0.05, 0.1) is 12.7 Å². The first-order valence-electron chi connectivity index (χ1n) is 13.2. The molecule has 8 atom stereocenters. The van der Waals surface area contributed by atoms with Crippen molar-refractivity contribution in [3.05, 3.63) is 24.7 Å². The Hall–Kier alpha value is -1.71. The van der Waals surface area contributed by atoms with Crippen molar-refractivity contribution in [2.75, 3.05) is 0 Å². The number of aromatic nitrogens is 3. The van der Waals surface area contributed by atoms with E-state index in [4.69, 9.17) is 0 Å². The van der Waals surface area contributed by atoms with Gasteiger partial charge in [-0.05, 0) is 97.9 Å². The van der Waals surface area contributed by atoms with E-state index in [0.29, 0.717) is 17.7 Å². The van der Waals surface area contributed by atoms with Gasteiger partial charge in [0.15, 0.2) is 5.78 Å². The lowest BCUT2D eigenvalue weighted by Gasteiger charge is -2.61. The van der Waals surface area contributed by atoms with E-state index < -0.39 is 0 Å². The van der Waals surface area contributed by atoms with Crippen LogP contribution in [0.2, 0.25) is 0 Å². The first kappa shape index (κ1) is 20.9. The molecule has 2 heterocycles. The summed E-state index contributed by atoms with van der Waals surface area (Å²) < 4.78 is 2.02. The van der Waals surface area contributed by atoms with Crippen molar-refractivity contribution in [3.63, 3.8) is 0 Å². The molecule has 0 spiro atoms. The molecule has 0 N–H and O–H groups in total. The third-order valence-corrected chi connectivity index (χ3v) is 11.0. The highest BCUT2D eigenvalue weighted by molar-refractivity contribution is 5.82. The summed E-state index contributed by atoms with van der Waals surface area (Å²) in [6.45, 7) is 8.08. The molecule has 0 bridgehead atoms. The van der Waals surface area contributed by atoms with Gasteiger partial charge in [-0.15, -0.1) is 5.10 Å². The summed E-state index contributed by atoms with van der Waals surface area (Å²) in [6, 6.07) is 2.02. The molecule has 4 fully saturated rings. The average Bonchev–Trinajstić information content (AvgIpc) is 3.37.